The third kappa shape index (κ3) is 5.07. The van der Waals surface area contributed by atoms with E-state index >= 15 is 0 Å². The minimum absolute atomic E-state index is 0.157. The Morgan fingerprint density at radius 3 is 2.70 bits per heavy atom. The molecule has 0 spiro atoms. The van der Waals surface area contributed by atoms with Crippen LogP contribution >= 0.6 is 0 Å². The second kappa shape index (κ2) is 11.5. The SMILES string of the molecule is CCN=CC(C=N)c1ccc(-c2c3c(nn2C)CCc2cnc(Nc4ccc(C(=O)OC)cc4OC)nc2-3)cc1. The van der Waals surface area contributed by atoms with Crippen molar-refractivity contribution in [2.45, 2.75) is 25.7 Å². The number of hydrogen-bond donors (Lipinski definition) is 2. The molecule has 0 fully saturated rings. The molecule has 0 aliphatic heterocycles. The molecule has 2 heterocycles. The van der Waals surface area contributed by atoms with E-state index in [9.17, 15) is 4.79 Å². The number of nitrogens with zero attached hydrogens (tertiary/aromatic N) is 5. The zero-order valence-electron chi connectivity index (χ0n) is 22.9. The van der Waals surface area contributed by atoms with E-state index in [4.69, 9.17) is 25.0 Å². The number of carbonyl (C=O) groups is 1. The third-order valence-electron chi connectivity index (χ3n) is 6.92. The highest BCUT2D eigenvalue weighted by atomic mass is 16.5. The topological polar surface area (TPSA) is 127 Å². The smallest absolute Gasteiger partial charge is 0.337 e. The number of carbonyl (C=O) groups excluding carboxylic acids is 1. The van der Waals surface area contributed by atoms with Gasteiger partial charge >= 0.3 is 5.97 Å². The summed E-state index contributed by atoms with van der Waals surface area (Å²) in [6.07, 6.45) is 6.67. The van der Waals surface area contributed by atoms with Crippen LogP contribution in [0.1, 0.15) is 40.0 Å². The number of rotatable bonds is 9. The maximum absolute atomic E-state index is 11.9. The number of nitrogens with one attached hydrogen (secondary N) is 2. The number of esters is 1. The van der Waals surface area contributed by atoms with E-state index in [1.165, 1.54) is 20.4 Å². The highest BCUT2D eigenvalue weighted by Gasteiger charge is 2.27. The Kier molecular flexibility index (Phi) is 7.68. The summed E-state index contributed by atoms with van der Waals surface area (Å²) < 4.78 is 12.2. The third-order valence-corrected chi connectivity index (χ3v) is 6.92. The maximum Gasteiger partial charge on any atom is 0.337 e. The van der Waals surface area contributed by atoms with Crippen LogP contribution in [0.4, 0.5) is 11.6 Å². The first-order valence-corrected chi connectivity index (χ1v) is 13.0. The summed E-state index contributed by atoms with van der Waals surface area (Å²) in [5.41, 5.74) is 7.88. The number of ether oxygens (including phenoxy) is 2. The molecule has 1 atom stereocenters. The van der Waals surface area contributed by atoms with Crippen LogP contribution in [0.5, 0.6) is 5.75 Å². The van der Waals surface area contributed by atoms with Gasteiger partial charge in [-0.1, -0.05) is 24.3 Å². The van der Waals surface area contributed by atoms with Gasteiger partial charge in [0.05, 0.1) is 48.5 Å². The largest absolute Gasteiger partial charge is 0.495 e. The quantitative estimate of drug-likeness (QED) is 0.227. The number of methoxy groups -OCH3 is 2. The summed E-state index contributed by atoms with van der Waals surface area (Å²) in [6, 6.07) is 13.2. The Labute approximate surface area is 232 Å². The summed E-state index contributed by atoms with van der Waals surface area (Å²) in [5, 5.41) is 15.9. The minimum atomic E-state index is -0.443. The summed E-state index contributed by atoms with van der Waals surface area (Å²) >= 11 is 0. The van der Waals surface area contributed by atoms with Gasteiger partial charge in [-0.05, 0) is 49.1 Å². The van der Waals surface area contributed by atoms with Gasteiger partial charge in [-0.25, -0.2) is 14.8 Å². The lowest BCUT2D eigenvalue weighted by atomic mass is 9.91. The van der Waals surface area contributed by atoms with E-state index < -0.39 is 5.97 Å². The molecule has 0 radical (unpaired) electrons. The summed E-state index contributed by atoms with van der Waals surface area (Å²) in [5.74, 6) is 0.279. The Bertz CT molecular complexity index is 1590. The summed E-state index contributed by atoms with van der Waals surface area (Å²) in [7, 11) is 4.83. The highest BCUT2D eigenvalue weighted by Crippen LogP contribution is 2.40. The van der Waals surface area contributed by atoms with Crippen LogP contribution in [-0.2, 0) is 24.6 Å². The molecule has 4 aromatic rings. The molecule has 5 rings (SSSR count). The Hall–Kier alpha value is -4.86. The van der Waals surface area contributed by atoms with Crippen molar-refractivity contribution in [2.75, 3.05) is 26.1 Å². The molecule has 2 aromatic heterocycles. The van der Waals surface area contributed by atoms with Crippen LogP contribution < -0.4 is 10.1 Å². The molecule has 1 unspecified atom stereocenters. The average Bonchev–Trinajstić information content (AvgIpc) is 3.33. The van der Waals surface area contributed by atoms with E-state index in [2.05, 4.69) is 27.4 Å². The van der Waals surface area contributed by atoms with Crippen molar-refractivity contribution in [1.82, 2.24) is 19.7 Å². The monoisotopic (exact) mass is 537 g/mol. The molecule has 2 N–H and O–H groups in total. The van der Waals surface area contributed by atoms with Crippen LogP contribution in [0.25, 0.3) is 22.5 Å². The summed E-state index contributed by atoms with van der Waals surface area (Å²) in [6.45, 7) is 2.67. The second-order valence-corrected chi connectivity index (χ2v) is 9.36. The molecular weight excluding hydrogens is 506 g/mol. The first-order valence-electron chi connectivity index (χ1n) is 13.0. The molecule has 1 aliphatic rings. The van der Waals surface area contributed by atoms with Crippen molar-refractivity contribution in [2.24, 2.45) is 12.0 Å². The molecule has 0 saturated heterocycles. The van der Waals surface area contributed by atoms with Gasteiger partial charge in [-0.15, -0.1) is 0 Å². The molecule has 1 aliphatic carbocycles. The molecule has 204 valence electrons. The molecule has 0 amide bonds. The molecule has 0 bridgehead atoms. The Morgan fingerprint density at radius 1 is 1.20 bits per heavy atom. The molecule has 10 heteroatoms. The number of aromatic nitrogens is 4. The Morgan fingerprint density at radius 2 is 2.00 bits per heavy atom. The zero-order chi connectivity index (χ0) is 28.2. The van der Waals surface area contributed by atoms with Crippen LogP contribution in [0.3, 0.4) is 0 Å². The Balaban J connectivity index is 1.51. The van der Waals surface area contributed by atoms with Gasteiger partial charge in [0.2, 0.25) is 5.95 Å². The fourth-order valence-corrected chi connectivity index (χ4v) is 4.92. The molecular formula is C30H31N7O3. The first-order chi connectivity index (χ1) is 19.5. The molecule has 2 aromatic carbocycles. The van der Waals surface area contributed by atoms with E-state index in [0.717, 1.165) is 52.2 Å². The van der Waals surface area contributed by atoms with Gasteiger partial charge in [0, 0.05) is 43.3 Å². The van der Waals surface area contributed by atoms with Gasteiger partial charge in [-0.2, -0.15) is 5.10 Å². The van der Waals surface area contributed by atoms with Crippen molar-refractivity contribution in [1.29, 1.82) is 5.41 Å². The fourth-order valence-electron chi connectivity index (χ4n) is 4.92. The van der Waals surface area contributed by atoms with Crippen LogP contribution in [0.15, 0.2) is 53.7 Å². The number of benzene rings is 2. The standard InChI is InChI=1S/C30H31N7O3/c1-5-32-16-22(15-31)18-6-8-19(9-7-18)28-26-24(36-37(28)2)13-11-21-17-33-30(35-27(21)26)34-23-12-10-20(29(38)40-4)14-25(23)39-3/h6-10,12,14-17,22,31H,5,11,13H2,1-4H3,(H,33,34,35). The minimum Gasteiger partial charge on any atom is -0.495 e. The lowest BCUT2D eigenvalue weighted by Gasteiger charge is -2.18. The van der Waals surface area contributed by atoms with E-state index in [0.29, 0.717) is 29.5 Å². The van der Waals surface area contributed by atoms with E-state index in [-0.39, 0.29) is 5.92 Å². The lowest BCUT2D eigenvalue weighted by molar-refractivity contribution is 0.0600. The van der Waals surface area contributed by atoms with Gasteiger partial charge in [0.1, 0.15) is 5.75 Å². The lowest BCUT2D eigenvalue weighted by Crippen LogP contribution is -2.09. The van der Waals surface area contributed by atoms with Crippen molar-refractivity contribution >= 4 is 30.0 Å². The molecule has 0 saturated carbocycles. The van der Waals surface area contributed by atoms with Crippen molar-refractivity contribution < 1.29 is 14.3 Å². The van der Waals surface area contributed by atoms with E-state index in [1.807, 2.05) is 43.2 Å². The second-order valence-electron chi connectivity index (χ2n) is 9.36. The fraction of sp³-hybridized carbons (Fsp3) is 0.267. The number of aliphatic imine (C=N–C) groups is 1. The molecule has 40 heavy (non-hydrogen) atoms. The first kappa shape index (κ1) is 26.7. The number of anilines is 2. The zero-order valence-corrected chi connectivity index (χ0v) is 22.9. The van der Waals surface area contributed by atoms with Gasteiger partial charge < -0.3 is 20.2 Å². The molecule has 10 nitrogen and oxygen atoms in total. The average molecular weight is 538 g/mol. The number of fused-ring (bicyclic) bond motifs is 3. The normalized spacial score (nSPS) is 12.9. The van der Waals surface area contributed by atoms with Crippen LogP contribution in [0.2, 0.25) is 0 Å². The van der Waals surface area contributed by atoms with E-state index in [1.54, 1.807) is 18.2 Å². The number of hydrogen-bond acceptors (Lipinski definition) is 9. The predicted molar refractivity (Wildman–Crippen MR) is 155 cm³/mol. The van der Waals surface area contributed by atoms with Gasteiger partial charge in [-0.3, -0.25) is 9.67 Å². The van der Waals surface area contributed by atoms with Crippen LogP contribution in [0, 0.1) is 5.41 Å². The number of aryl methyl sites for hydroxylation is 3. The van der Waals surface area contributed by atoms with Crippen molar-refractivity contribution in [3.63, 3.8) is 0 Å². The highest BCUT2D eigenvalue weighted by molar-refractivity contribution is 5.91. The van der Waals surface area contributed by atoms with Gasteiger partial charge in [0.25, 0.3) is 0 Å². The van der Waals surface area contributed by atoms with Crippen LogP contribution in [-0.4, -0.2) is 58.9 Å². The van der Waals surface area contributed by atoms with Gasteiger partial charge in [0.15, 0.2) is 0 Å². The van der Waals surface area contributed by atoms with Crippen molar-refractivity contribution in [3.8, 4) is 28.3 Å². The van der Waals surface area contributed by atoms with Crippen molar-refractivity contribution in [3.05, 3.63) is 71.0 Å². The maximum atomic E-state index is 11.9. The summed E-state index contributed by atoms with van der Waals surface area (Å²) in [4.78, 5) is 25.7. The predicted octanol–water partition coefficient (Wildman–Crippen LogP) is 5.01.